The minimum absolute atomic E-state index is 0.210. The number of rotatable bonds is 7. The van der Waals surface area contributed by atoms with Gasteiger partial charge in [-0.3, -0.25) is 9.59 Å². The highest BCUT2D eigenvalue weighted by atomic mass is 79.9. The molecule has 3 aromatic carbocycles. The molecule has 7 nitrogen and oxygen atoms in total. The summed E-state index contributed by atoms with van der Waals surface area (Å²) >= 11 is 9.89. The van der Waals surface area contributed by atoms with Crippen molar-refractivity contribution < 1.29 is 9.59 Å². The van der Waals surface area contributed by atoms with Crippen molar-refractivity contribution >= 4 is 56.1 Å². The Labute approximate surface area is 227 Å². The van der Waals surface area contributed by atoms with Crippen LogP contribution in [0, 0.1) is 16.7 Å². The first-order chi connectivity index (χ1) is 17.8. The number of nitrogens with zero attached hydrogens (tertiary/aromatic N) is 3. The minimum atomic E-state index is -0.851. The lowest BCUT2D eigenvalue weighted by Crippen LogP contribution is -2.30. The quantitative estimate of drug-likeness (QED) is 0.292. The molecule has 1 aromatic heterocycles. The van der Waals surface area contributed by atoms with Gasteiger partial charge in [-0.25, -0.2) is 4.98 Å². The molecule has 2 amide bonds. The number of hydrogen-bond donors (Lipinski definition) is 2. The fraction of sp³-hybridized carbons (Fsp3) is 0.214. The summed E-state index contributed by atoms with van der Waals surface area (Å²) in [6, 6.07) is 20.6. The zero-order chi connectivity index (χ0) is 26.2. The number of carbonyl (C=O) groups is 2. The molecule has 1 heterocycles. The third-order valence-electron chi connectivity index (χ3n) is 6.65. The van der Waals surface area contributed by atoms with Gasteiger partial charge in [0.05, 0.1) is 17.1 Å². The molecule has 0 saturated heterocycles. The van der Waals surface area contributed by atoms with Crippen LogP contribution in [-0.4, -0.2) is 21.4 Å². The number of aromatic nitrogens is 2. The van der Waals surface area contributed by atoms with Gasteiger partial charge in [0.15, 0.2) is 0 Å². The zero-order valence-corrected chi connectivity index (χ0v) is 22.4. The van der Waals surface area contributed by atoms with E-state index in [9.17, 15) is 14.9 Å². The van der Waals surface area contributed by atoms with Gasteiger partial charge in [0, 0.05) is 40.8 Å². The van der Waals surface area contributed by atoms with Crippen molar-refractivity contribution in [2.24, 2.45) is 12.5 Å². The number of amides is 2. The Morgan fingerprint density at radius 2 is 1.89 bits per heavy atom. The predicted molar refractivity (Wildman–Crippen MR) is 146 cm³/mol. The van der Waals surface area contributed by atoms with E-state index in [1.807, 2.05) is 60.1 Å². The summed E-state index contributed by atoms with van der Waals surface area (Å²) in [7, 11) is 1.93. The van der Waals surface area contributed by atoms with Gasteiger partial charge in [-0.15, -0.1) is 0 Å². The topological polar surface area (TPSA) is 99.8 Å². The van der Waals surface area contributed by atoms with Crippen LogP contribution in [-0.2, 0) is 24.8 Å². The molecule has 9 heteroatoms. The molecule has 0 spiro atoms. The van der Waals surface area contributed by atoms with Gasteiger partial charge in [-0.05, 0) is 72.5 Å². The normalized spacial score (nSPS) is 13.7. The van der Waals surface area contributed by atoms with Gasteiger partial charge in [0.1, 0.15) is 11.2 Å². The van der Waals surface area contributed by atoms with Crippen LogP contribution in [0.25, 0.3) is 11.0 Å². The smallest absolute Gasteiger partial charge is 0.255 e. The molecule has 37 heavy (non-hydrogen) atoms. The van der Waals surface area contributed by atoms with E-state index in [0.717, 1.165) is 26.9 Å². The molecule has 5 rings (SSSR count). The van der Waals surface area contributed by atoms with Crippen molar-refractivity contribution in [3.05, 3.63) is 92.7 Å². The van der Waals surface area contributed by atoms with Crippen molar-refractivity contribution in [2.45, 2.75) is 25.8 Å². The molecular weight excluding hydrogens is 554 g/mol. The Balaban J connectivity index is 1.32. The molecule has 0 aliphatic heterocycles. The fourth-order valence-corrected chi connectivity index (χ4v) is 4.64. The van der Waals surface area contributed by atoms with Crippen LogP contribution in [0.2, 0.25) is 5.02 Å². The number of fused-ring (bicyclic) bond motifs is 1. The molecule has 1 aliphatic rings. The van der Waals surface area contributed by atoms with Crippen molar-refractivity contribution in [2.75, 3.05) is 5.32 Å². The molecule has 0 bridgehead atoms. The van der Waals surface area contributed by atoms with E-state index in [2.05, 4.69) is 32.6 Å². The molecular formula is C28H23BrClN5O2. The number of aryl methyl sites for hydroxylation is 1. The van der Waals surface area contributed by atoms with E-state index >= 15 is 0 Å². The number of halogens is 2. The second-order valence-electron chi connectivity index (χ2n) is 9.23. The number of anilines is 1. The van der Waals surface area contributed by atoms with Crippen LogP contribution < -0.4 is 10.6 Å². The molecule has 186 valence electrons. The van der Waals surface area contributed by atoms with Gasteiger partial charge in [0.2, 0.25) is 5.91 Å². The Kier molecular flexibility index (Phi) is 6.76. The Bertz CT molecular complexity index is 1570. The molecule has 0 unspecified atom stereocenters. The minimum Gasteiger partial charge on any atom is -0.351 e. The average molecular weight is 577 g/mol. The molecule has 1 aliphatic carbocycles. The van der Waals surface area contributed by atoms with Crippen LogP contribution in [0.4, 0.5) is 5.69 Å². The van der Waals surface area contributed by atoms with E-state index < -0.39 is 5.41 Å². The molecule has 1 saturated carbocycles. The lowest BCUT2D eigenvalue weighted by molar-refractivity contribution is -0.124. The van der Waals surface area contributed by atoms with Crippen molar-refractivity contribution in [3.8, 4) is 6.07 Å². The highest BCUT2D eigenvalue weighted by Crippen LogP contribution is 2.45. The SMILES string of the molecule is Cn1c(Cc2cc(CNC(=O)C3(C#N)CC3)ccc2Cl)nc2cc(C(=O)Nc3ccc(Br)cc3)ccc21. The highest BCUT2D eigenvalue weighted by molar-refractivity contribution is 9.10. The summed E-state index contributed by atoms with van der Waals surface area (Å²) in [5, 5.41) is 15.6. The van der Waals surface area contributed by atoms with E-state index in [1.54, 1.807) is 12.1 Å². The first-order valence-corrected chi connectivity index (χ1v) is 12.9. The van der Waals surface area contributed by atoms with Gasteiger partial charge in [-0.2, -0.15) is 5.26 Å². The van der Waals surface area contributed by atoms with E-state index in [1.165, 1.54) is 0 Å². The van der Waals surface area contributed by atoms with Crippen LogP contribution in [0.3, 0.4) is 0 Å². The summed E-state index contributed by atoms with van der Waals surface area (Å²) in [5.41, 5.74) is 3.76. The maximum Gasteiger partial charge on any atom is 0.255 e. The van der Waals surface area contributed by atoms with Gasteiger partial charge in [-0.1, -0.05) is 39.7 Å². The van der Waals surface area contributed by atoms with Crippen LogP contribution in [0.15, 0.2) is 65.1 Å². The van der Waals surface area contributed by atoms with Crippen LogP contribution in [0.5, 0.6) is 0 Å². The zero-order valence-electron chi connectivity index (χ0n) is 20.0. The van der Waals surface area contributed by atoms with Gasteiger partial charge >= 0.3 is 0 Å². The standard InChI is InChI=1S/C28H23BrClN5O2/c1-35-24-9-3-18(26(36)33-21-6-4-20(29)5-7-21)13-23(24)34-25(35)14-19-12-17(2-8-22(19)30)15-32-27(37)28(16-31)10-11-28/h2-9,12-13H,10-11,14-15H2,1H3,(H,32,37)(H,33,36). The van der Waals surface area contributed by atoms with Crippen LogP contribution >= 0.6 is 27.5 Å². The van der Waals surface area contributed by atoms with Crippen molar-refractivity contribution in [1.29, 1.82) is 5.26 Å². The second kappa shape index (κ2) is 10.0. The predicted octanol–water partition coefficient (Wildman–Crippen LogP) is 5.75. The van der Waals surface area contributed by atoms with Gasteiger partial charge < -0.3 is 15.2 Å². The third kappa shape index (κ3) is 5.24. The summed E-state index contributed by atoms with van der Waals surface area (Å²) < 4.78 is 2.93. The number of nitriles is 1. The summed E-state index contributed by atoms with van der Waals surface area (Å²) in [6.45, 7) is 0.325. The lowest BCUT2D eigenvalue weighted by atomic mass is 10.1. The maximum atomic E-state index is 12.8. The summed E-state index contributed by atoms with van der Waals surface area (Å²) in [5.74, 6) is 0.366. The molecule has 2 N–H and O–H groups in total. The Hall–Kier alpha value is -3.67. The lowest BCUT2D eigenvalue weighted by Gasteiger charge is -2.11. The van der Waals surface area contributed by atoms with Crippen molar-refractivity contribution in [3.63, 3.8) is 0 Å². The number of nitrogens with one attached hydrogen (secondary N) is 2. The number of benzene rings is 3. The van der Waals surface area contributed by atoms with Gasteiger partial charge in [0.25, 0.3) is 5.91 Å². The largest absolute Gasteiger partial charge is 0.351 e. The number of hydrogen-bond acceptors (Lipinski definition) is 4. The Morgan fingerprint density at radius 3 is 2.59 bits per heavy atom. The first-order valence-electron chi connectivity index (χ1n) is 11.8. The summed E-state index contributed by atoms with van der Waals surface area (Å²) in [4.78, 5) is 29.9. The van der Waals surface area contributed by atoms with E-state index in [0.29, 0.717) is 47.6 Å². The molecule has 1 fully saturated rings. The molecule has 0 radical (unpaired) electrons. The first kappa shape index (κ1) is 25.0. The monoisotopic (exact) mass is 575 g/mol. The van der Waals surface area contributed by atoms with Crippen LogP contribution in [0.1, 0.15) is 40.2 Å². The van der Waals surface area contributed by atoms with E-state index in [4.69, 9.17) is 16.6 Å². The second-order valence-corrected chi connectivity index (χ2v) is 10.6. The third-order valence-corrected chi connectivity index (χ3v) is 7.55. The van der Waals surface area contributed by atoms with Crippen molar-refractivity contribution in [1.82, 2.24) is 14.9 Å². The fourth-order valence-electron chi connectivity index (χ4n) is 4.20. The number of carbonyl (C=O) groups excluding carboxylic acids is 2. The van der Waals surface area contributed by atoms with E-state index in [-0.39, 0.29) is 11.8 Å². The average Bonchev–Trinajstić information content (AvgIpc) is 3.65. The number of imidazole rings is 1. The Morgan fingerprint density at radius 1 is 1.14 bits per heavy atom. The highest BCUT2D eigenvalue weighted by Gasteiger charge is 2.50. The summed E-state index contributed by atoms with van der Waals surface area (Å²) in [6.07, 6.45) is 1.71. The maximum absolute atomic E-state index is 12.8. The molecule has 0 atom stereocenters. The molecule has 4 aromatic rings.